The molecule has 2 aliphatic carbocycles. The van der Waals surface area contributed by atoms with Crippen LogP contribution in [0.5, 0.6) is 0 Å². The number of nitrogens with one attached hydrogen (secondary N) is 2. The van der Waals surface area contributed by atoms with Gasteiger partial charge in [0.1, 0.15) is 0 Å². The molecule has 2 N–H and O–H groups in total. The minimum atomic E-state index is 0.532. The van der Waals surface area contributed by atoms with Crippen LogP contribution in [0.4, 0.5) is 11.4 Å². The Hall–Kier alpha value is -2.62. The van der Waals surface area contributed by atoms with Crippen LogP contribution in [0.2, 0.25) is 0 Å². The highest BCUT2D eigenvalue weighted by atomic mass is 15.3. The van der Waals surface area contributed by atoms with Crippen LogP contribution in [-0.4, -0.2) is 11.4 Å². The molecule has 26 heavy (non-hydrogen) atoms. The summed E-state index contributed by atoms with van der Waals surface area (Å²) in [5, 5.41) is 9.56. The summed E-state index contributed by atoms with van der Waals surface area (Å²) in [6.45, 7) is 0. The Labute approximate surface area is 155 Å². The first-order valence-electron chi connectivity index (χ1n) is 9.65. The lowest BCUT2D eigenvalue weighted by molar-refractivity contribution is 0.385. The molecule has 0 aromatic heterocycles. The molecule has 2 aromatic carbocycles. The van der Waals surface area contributed by atoms with Gasteiger partial charge in [0.05, 0.1) is 11.4 Å². The van der Waals surface area contributed by atoms with Crippen LogP contribution < -0.4 is 10.9 Å². The highest BCUT2D eigenvalue weighted by molar-refractivity contribution is 5.97. The highest BCUT2D eigenvalue weighted by Gasteiger charge is 2.36. The van der Waals surface area contributed by atoms with Crippen molar-refractivity contribution >= 4 is 22.8 Å². The Kier molecular flexibility index (Phi) is 5.29. The molecule has 2 atom stereocenters. The normalized spacial score (nSPS) is 25.7. The van der Waals surface area contributed by atoms with Crippen molar-refractivity contribution in [1.29, 1.82) is 0 Å². The minimum absolute atomic E-state index is 0.532. The van der Waals surface area contributed by atoms with Gasteiger partial charge in [-0.3, -0.25) is 10.9 Å². The zero-order chi connectivity index (χ0) is 17.6. The molecule has 2 unspecified atom stereocenters. The molecule has 0 aliphatic heterocycles. The van der Waals surface area contributed by atoms with E-state index in [1.807, 2.05) is 36.4 Å². The van der Waals surface area contributed by atoms with Crippen LogP contribution in [0.15, 0.2) is 70.9 Å². The number of para-hydroxylation sites is 2. The van der Waals surface area contributed by atoms with Gasteiger partial charge in [-0.15, -0.1) is 0 Å². The molecule has 2 saturated carbocycles. The summed E-state index contributed by atoms with van der Waals surface area (Å²) in [7, 11) is 0. The molecule has 0 spiro atoms. The first kappa shape index (κ1) is 16.8. The van der Waals surface area contributed by atoms with E-state index in [-0.39, 0.29) is 0 Å². The summed E-state index contributed by atoms with van der Waals surface area (Å²) in [6.07, 6.45) is 7.04. The van der Waals surface area contributed by atoms with Crippen LogP contribution in [0.25, 0.3) is 0 Å². The first-order chi connectivity index (χ1) is 12.9. The van der Waals surface area contributed by atoms with Gasteiger partial charge in [0.25, 0.3) is 0 Å². The fourth-order valence-corrected chi connectivity index (χ4v) is 4.15. The van der Waals surface area contributed by atoms with Gasteiger partial charge in [-0.2, -0.15) is 10.2 Å². The average molecular weight is 346 g/mol. The van der Waals surface area contributed by atoms with Crippen LogP contribution in [-0.2, 0) is 0 Å². The number of fused-ring (bicyclic) bond motifs is 1. The lowest BCUT2D eigenvalue weighted by Crippen LogP contribution is -2.37. The van der Waals surface area contributed by atoms with E-state index in [0.29, 0.717) is 11.8 Å². The molecule has 0 radical (unpaired) electrons. The smallest absolute Gasteiger partial charge is 0.0561 e. The minimum Gasteiger partial charge on any atom is -0.279 e. The molecule has 2 aromatic rings. The maximum absolute atomic E-state index is 4.78. The van der Waals surface area contributed by atoms with Crippen LogP contribution in [0.3, 0.4) is 0 Å². The van der Waals surface area contributed by atoms with E-state index in [9.17, 15) is 0 Å². The van der Waals surface area contributed by atoms with Crippen molar-refractivity contribution in [1.82, 2.24) is 0 Å². The second-order valence-corrected chi connectivity index (χ2v) is 7.16. The lowest BCUT2D eigenvalue weighted by Gasteiger charge is -2.37. The largest absolute Gasteiger partial charge is 0.279 e. The zero-order valence-electron chi connectivity index (χ0n) is 15.1. The number of anilines is 2. The Morgan fingerprint density at radius 3 is 1.46 bits per heavy atom. The second-order valence-electron chi connectivity index (χ2n) is 7.16. The fraction of sp³-hybridized carbons (Fsp3) is 0.364. The van der Waals surface area contributed by atoms with E-state index >= 15 is 0 Å². The summed E-state index contributed by atoms with van der Waals surface area (Å²) in [6, 6.07) is 20.4. The number of hydrogen-bond acceptors (Lipinski definition) is 4. The van der Waals surface area contributed by atoms with Gasteiger partial charge in [0.15, 0.2) is 0 Å². The van der Waals surface area contributed by atoms with Gasteiger partial charge in [-0.1, -0.05) is 36.4 Å². The van der Waals surface area contributed by atoms with Crippen molar-refractivity contribution in [3.05, 3.63) is 60.7 Å². The molecular weight excluding hydrogens is 320 g/mol. The van der Waals surface area contributed by atoms with E-state index in [2.05, 4.69) is 35.1 Å². The highest BCUT2D eigenvalue weighted by Crippen LogP contribution is 2.38. The van der Waals surface area contributed by atoms with E-state index in [1.165, 1.54) is 37.1 Å². The molecule has 0 saturated heterocycles. The predicted octanol–water partition coefficient (Wildman–Crippen LogP) is 5.52. The van der Waals surface area contributed by atoms with Crippen LogP contribution in [0, 0.1) is 11.8 Å². The third kappa shape index (κ3) is 3.96. The Morgan fingerprint density at radius 2 is 1.04 bits per heavy atom. The number of benzene rings is 2. The maximum atomic E-state index is 4.78. The molecule has 134 valence electrons. The molecule has 0 amide bonds. The summed E-state index contributed by atoms with van der Waals surface area (Å²) >= 11 is 0. The van der Waals surface area contributed by atoms with Gasteiger partial charge in [0, 0.05) is 23.3 Å². The number of nitrogens with zero attached hydrogens (tertiary/aromatic N) is 2. The van der Waals surface area contributed by atoms with Crippen molar-refractivity contribution < 1.29 is 0 Å². The van der Waals surface area contributed by atoms with Crippen molar-refractivity contribution in [3.8, 4) is 0 Å². The van der Waals surface area contributed by atoms with Gasteiger partial charge in [0.2, 0.25) is 0 Å². The predicted molar refractivity (Wildman–Crippen MR) is 110 cm³/mol. The van der Waals surface area contributed by atoms with Crippen molar-refractivity contribution in [2.45, 2.75) is 38.5 Å². The first-order valence-corrected chi connectivity index (χ1v) is 9.65. The molecule has 4 nitrogen and oxygen atoms in total. The van der Waals surface area contributed by atoms with Gasteiger partial charge in [-0.25, -0.2) is 0 Å². The number of hydrogen-bond donors (Lipinski definition) is 2. The van der Waals surface area contributed by atoms with Crippen LogP contribution >= 0.6 is 0 Å². The second kappa shape index (κ2) is 8.17. The fourth-order valence-electron chi connectivity index (χ4n) is 4.15. The Morgan fingerprint density at radius 1 is 0.615 bits per heavy atom. The third-order valence-electron chi connectivity index (χ3n) is 5.44. The van der Waals surface area contributed by atoms with Crippen molar-refractivity contribution in [2.75, 3.05) is 10.9 Å². The van der Waals surface area contributed by atoms with E-state index in [1.54, 1.807) is 0 Å². The number of rotatable bonds is 4. The SMILES string of the molecule is c1ccc(N/N=C2/CCCC3/C(=N\Nc4ccccc4)CCCC23)cc1. The van der Waals surface area contributed by atoms with Crippen molar-refractivity contribution in [3.63, 3.8) is 0 Å². The van der Waals surface area contributed by atoms with Gasteiger partial charge >= 0.3 is 0 Å². The van der Waals surface area contributed by atoms with E-state index in [4.69, 9.17) is 10.2 Å². The van der Waals surface area contributed by atoms with Gasteiger partial charge < -0.3 is 0 Å². The Bertz CT molecular complexity index is 700. The molecule has 2 fully saturated rings. The molecule has 0 bridgehead atoms. The third-order valence-corrected chi connectivity index (χ3v) is 5.44. The standard InChI is InChI=1S/C22H26N4/c1-3-9-17(10-4-1)23-25-21-15-7-14-20-19(21)13-8-16-22(20)26-24-18-11-5-2-6-12-18/h1-6,9-12,19-20,23-24H,7-8,13-16H2/b25-21-,26-22-. The summed E-state index contributed by atoms with van der Waals surface area (Å²) < 4.78 is 0. The number of hydrazone groups is 2. The summed E-state index contributed by atoms with van der Waals surface area (Å²) in [5.74, 6) is 1.06. The molecule has 4 rings (SSSR count). The topological polar surface area (TPSA) is 48.8 Å². The molecular formula is C22H26N4. The van der Waals surface area contributed by atoms with E-state index < -0.39 is 0 Å². The average Bonchev–Trinajstić information content (AvgIpc) is 2.72. The molecule has 4 heteroatoms. The maximum Gasteiger partial charge on any atom is 0.0561 e. The Balaban J connectivity index is 1.48. The van der Waals surface area contributed by atoms with E-state index in [0.717, 1.165) is 24.2 Å². The molecule has 0 heterocycles. The zero-order valence-corrected chi connectivity index (χ0v) is 15.1. The monoisotopic (exact) mass is 346 g/mol. The quantitative estimate of drug-likeness (QED) is 0.716. The molecule has 2 aliphatic rings. The van der Waals surface area contributed by atoms with Crippen LogP contribution in [0.1, 0.15) is 38.5 Å². The lowest BCUT2D eigenvalue weighted by atomic mass is 9.69. The van der Waals surface area contributed by atoms with Gasteiger partial charge in [-0.05, 0) is 62.8 Å². The van der Waals surface area contributed by atoms with Crippen molar-refractivity contribution in [2.24, 2.45) is 22.0 Å². The summed E-state index contributed by atoms with van der Waals surface area (Å²) in [4.78, 5) is 0. The summed E-state index contributed by atoms with van der Waals surface area (Å²) in [5.41, 5.74) is 11.2.